The van der Waals surface area contributed by atoms with Gasteiger partial charge in [-0.05, 0) is 36.6 Å². The fourth-order valence-corrected chi connectivity index (χ4v) is 4.32. The van der Waals surface area contributed by atoms with E-state index >= 15 is 0 Å². The highest BCUT2D eigenvalue weighted by molar-refractivity contribution is 7.92. The maximum atomic E-state index is 11.6. The number of nitrogens with one attached hydrogen (secondary N) is 2. The van der Waals surface area contributed by atoms with Crippen molar-refractivity contribution in [1.29, 1.82) is 0 Å². The normalized spacial score (nSPS) is 18.3. The second kappa shape index (κ2) is 8.28. The monoisotopic (exact) mass is 455 g/mol. The summed E-state index contributed by atoms with van der Waals surface area (Å²) in [6, 6.07) is 7.45. The Morgan fingerprint density at radius 2 is 1.97 bits per heavy atom. The lowest BCUT2D eigenvalue weighted by atomic mass is 9.88. The lowest BCUT2D eigenvalue weighted by molar-refractivity contribution is 0.555. The molecule has 4 rings (SSSR count). The van der Waals surface area contributed by atoms with Crippen LogP contribution in [-0.4, -0.2) is 35.2 Å². The number of benzene rings is 1. The molecule has 2 heterocycles. The summed E-state index contributed by atoms with van der Waals surface area (Å²) in [5.74, 6) is 0.741. The first-order valence-corrected chi connectivity index (χ1v) is 12.1. The van der Waals surface area contributed by atoms with Gasteiger partial charge in [-0.15, -0.1) is 0 Å². The number of hydrogen-bond acceptors (Lipinski definition) is 6. The van der Waals surface area contributed by atoms with Crippen molar-refractivity contribution in [2.45, 2.75) is 25.3 Å². The van der Waals surface area contributed by atoms with Crippen molar-refractivity contribution < 1.29 is 8.42 Å². The third-order valence-corrected chi connectivity index (χ3v) is 6.14. The van der Waals surface area contributed by atoms with Gasteiger partial charge in [-0.1, -0.05) is 48.9 Å². The highest BCUT2D eigenvalue weighted by atomic mass is 35.5. The number of nitrogens with zero attached hydrogens (tertiary/aromatic N) is 3. The van der Waals surface area contributed by atoms with Crippen molar-refractivity contribution in [2.24, 2.45) is 0 Å². The summed E-state index contributed by atoms with van der Waals surface area (Å²) in [5.41, 5.74) is 2.39. The Kier molecular flexibility index (Phi) is 5.68. The van der Waals surface area contributed by atoms with Gasteiger partial charge in [-0.2, -0.15) is 0 Å². The second-order valence-corrected chi connectivity index (χ2v) is 9.62. The largest absolute Gasteiger partial charge is 0.360 e. The predicted molar refractivity (Wildman–Crippen MR) is 126 cm³/mol. The van der Waals surface area contributed by atoms with Gasteiger partial charge in [0.2, 0.25) is 10.0 Å². The van der Waals surface area contributed by atoms with Crippen LogP contribution in [0.25, 0.3) is 22.0 Å². The van der Waals surface area contributed by atoms with Crippen molar-refractivity contribution >= 4 is 44.0 Å². The fraction of sp³-hybridized carbons (Fsp3) is 0.227. The van der Waals surface area contributed by atoms with Crippen molar-refractivity contribution in [3.8, 4) is 11.1 Å². The summed E-state index contributed by atoms with van der Waals surface area (Å²) >= 11 is 6.07. The van der Waals surface area contributed by atoms with Crippen LogP contribution in [0, 0.1) is 0 Å². The molecule has 2 N–H and O–H groups in total. The molecule has 31 heavy (non-hydrogen) atoms. The molecule has 0 radical (unpaired) electrons. The van der Waals surface area contributed by atoms with Crippen LogP contribution in [-0.2, 0) is 10.0 Å². The first kappa shape index (κ1) is 21.3. The fourth-order valence-electron chi connectivity index (χ4n) is 3.56. The lowest BCUT2D eigenvalue weighted by Crippen LogP contribution is -2.36. The van der Waals surface area contributed by atoms with E-state index in [0.717, 1.165) is 46.9 Å². The average Bonchev–Trinajstić information content (AvgIpc) is 2.75. The number of rotatable bonds is 6. The zero-order chi connectivity index (χ0) is 22.1. The standard InChI is InChI=1S/C22H22ClN5O2S/c1-3-22(9-5-4-6-10-22)27-21-17-11-15(7-8-18(17)25-14-26-21)16-12-19(20(23)24-13-16)28-31(2,29)30/h4-9,11-14,28H,3,10H2,1-2H3,(H,25,26,27). The van der Waals surface area contributed by atoms with Gasteiger partial charge in [0.15, 0.2) is 5.15 Å². The van der Waals surface area contributed by atoms with E-state index in [0.29, 0.717) is 0 Å². The van der Waals surface area contributed by atoms with Crippen molar-refractivity contribution in [3.63, 3.8) is 0 Å². The molecular weight excluding hydrogens is 434 g/mol. The SMILES string of the molecule is CCC1(Nc2ncnc3ccc(-c4cnc(Cl)c(NS(C)(=O)=O)c4)cc23)C=CC=CC1. The predicted octanol–water partition coefficient (Wildman–Crippen LogP) is 4.79. The molecule has 0 bridgehead atoms. The smallest absolute Gasteiger partial charge is 0.229 e. The number of pyridine rings is 1. The number of allylic oxidation sites excluding steroid dienone is 2. The number of anilines is 2. The zero-order valence-corrected chi connectivity index (χ0v) is 18.7. The van der Waals surface area contributed by atoms with Crippen LogP contribution in [0.4, 0.5) is 11.5 Å². The van der Waals surface area contributed by atoms with Gasteiger partial charge in [0.25, 0.3) is 0 Å². The molecule has 1 aliphatic rings. The quantitative estimate of drug-likeness (QED) is 0.518. The van der Waals surface area contributed by atoms with Crippen LogP contribution in [0.3, 0.4) is 0 Å². The summed E-state index contributed by atoms with van der Waals surface area (Å²) in [6.45, 7) is 2.14. The van der Waals surface area contributed by atoms with Gasteiger partial charge in [0.05, 0.1) is 23.0 Å². The van der Waals surface area contributed by atoms with Gasteiger partial charge in [0.1, 0.15) is 12.1 Å². The lowest BCUT2D eigenvalue weighted by Gasteiger charge is -2.32. The van der Waals surface area contributed by atoms with Crippen molar-refractivity contribution in [3.05, 3.63) is 66.2 Å². The molecule has 1 atom stereocenters. The Hall–Kier alpha value is -2.97. The molecule has 0 saturated heterocycles. The van der Waals surface area contributed by atoms with E-state index in [1.54, 1.807) is 18.6 Å². The van der Waals surface area contributed by atoms with Crippen LogP contribution in [0.15, 0.2) is 61.1 Å². The topological polar surface area (TPSA) is 96.9 Å². The molecule has 7 nitrogen and oxygen atoms in total. The van der Waals surface area contributed by atoms with E-state index in [1.807, 2.05) is 30.4 Å². The molecule has 1 aliphatic carbocycles. The Morgan fingerprint density at radius 3 is 2.68 bits per heavy atom. The Bertz CT molecular complexity index is 1310. The van der Waals surface area contributed by atoms with E-state index in [1.165, 1.54) is 0 Å². The third kappa shape index (κ3) is 4.70. The summed E-state index contributed by atoms with van der Waals surface area (Å²) in [4.78, 5) is 13.0. The molecule has 0 aliphatic heterocycles. The molecule has 160 valence electrons. The van der Waals surface area contributed by atoms with Crippen LogP contribution in [0.2, 0.25) is 5.15 Å². The molecule has 0 saturated carbocycles. The van der Waals surface area contributed by atoms with Crippen LogP contribution < -0.4 is 10.0 Å². The second-order valence-electron chi connectivity index (χ2n) is 7.52. The molecule has 1 aromatic carbocycles. The van der Waals surface area contributed by atoms with Gasteiger partial charge < -0.3 is 5.32 Å². The Morgan fingerprint density at radius 1 is 1.13 bits per heavy atom. The van der Waals surface area contributed by atoms with E-state index in [4.69, 9.17) is 11.6 Å². The number of aromatic nitrogens is 3. The molecule has 0 spiro atoms. The third-order valence-electron chi connectivity index (χ3n) is 5.25. The highest BCUT2D eigenvalue weighted by Gasteiger charge is 2.26. The minimum absolute atomic E-state index is 0.0858. The number of sulfonamides is 1. The molecule has 1 unspecified atom stereocenters. The molecule has 0 amide bonds. The van der Waals surface area contributed by atoms with E-state index in [-0.39, 0.29) is 16.4 Å². The van der Waals surface area contributed by atoms with Crippen LogP contribution >= 0.6 is 11.6 Å². The van der Waals surface area contributed by atoms with Crippen molar-refractivity contribution in [1.82, 2.24) is 15.0 Å². The minimum Gasteiger partial charge on any atom is -0.360 e. The maximum Gasteiger partial charge on any atom is 0.229 e. The number of hydrogen-bond donors (Lipinski definition) is 2. The van der Waals surface area contributed by atoms with Gasteiger partial charge in [-0.3, -0.25) is 4.72 Å². The maximum absolute atomic E-state index is 11.6. The van der Waals surface area contributed by atoms with E-state index < -0.39 is 10.0 Å². The van der Waals surface area contributed by atoms with Gasteiger partial charge in [0, 0.05) is 17.1 Å². The molecular formula is C22H22ClN5O2S. The summed E-state index contributed by atoms with van der Waals surface area (Å²) < 4.78 is 25.7. The zero-order valence-electron chi connectivity index (χ0n) is 17.1. The van der Waals surface area contributed by atoms with Gasteiger partial charge in [-0.25, -0.2) is 23.4 Å². The molecule has 0 fully saturated rings. The molecule has 2 aromatic heterocycles. The number of fused-ring (bicyclic) bond motifs is 1. The Balaban J connectivity index is 1.76. The summed E-state index contributed by atoms with van der Waals surface area (Å²) in [5, 5.41) is 4.55. The first-order chi connectivity index (χ1) is 14.8. The summed E-state index contributed by atoms with van der Waals surface area (Å²) in [7, 11) is -3.48. The van der Waals surface area contributed by atoms with Crippen LogP contribution in [0.5, 0.6) is 0 Å². The van der Waals surface area contributed by atoms with E-state index in [2.05, 4.69) is 44.1 Å². The first-order valence-electron chi connectivity index (χ1n) is 9.80. The van der Waals surface area contributed by atoms with Crippen LogP contribution in [0.1, 0.15) is 19.8 Å². The van der Waals surface area contributed by atoms with Crippen molar-refractivity contribution in [2.75, 3.05) is 16.3 Å². The summed E-state index contributed by atoms with van der Waals surface area (Å²) in [6.07, 6.45) is 14.4. The number of halogens is 1. The molecule has 3 aromatic rings. The molecule has 9 heteroatoms. The average molecular weight is 456 g/mol. The Labute approximate surface area is 186 Å². The van der Waals surface area contributed by atoms with Gasteiger partial charge >= 0.3 is 0 Å². The highest BCUT2D eigenvalue weighted by Crippen LogP contribution is 2.33. The van der Waals surface area contributed by atoms with E-state index in [9.17, 15) is 8.42 Å². The minimum atomic E-state index is -3.48.